The first-order chi connectivity index (χ1) is 6.59. The monoisotopic (exact) mass is 260 g/mol. The molecule has 0 bridgehead atoms. The highest BCUT2D eigenvalue weighted by Crippen LogP contribution is 2.26. The van der Waals surface area contributed by atoms with Crippen molar-refractivity contribution in [1.82, 2.24) is 0 Å². The number of halogens is 2. The van der Waals surface area contributed by atoms with Gasteiger partial charge in [0.15, 0.2) is 0 Å². The molecular weight excluding hydrogens is 251 g/mol. The van der Waals surface area contributed by atoms with E-state index in [1.807, 2.05) is 0 Å². The van der Waals surface area contributed by atoms with Gasteiger partial charge >= 0.3 is 0 Å². The molecule has 76 valence electrons. The van der Waals surface area contributed by atoms with Crippen LogP contribution in [0.4, 0.5) is 4.39 Å². The van der Waals surface area contributed by atoms with Crippen molar-refractivity contribution in [3.05, 3.63) is 34.1 Å². The van der Waals surface area contributed by atoms with Crippen molar-refractivity contribution in [3.8, 4) is 0 Å². The number of hydrogen-bond acceptors (Lipinski definition) is 2. The molecule has 1 fully saturated rings. The first kappa shape index (κ1) is 10.1. The van der Waals surface area contributed by atoms with Crippen LogP contribution in [0.1, 0.15) is 5.56 Å². The SMILES string of the molecule is OC1(Cc2cc(F)ccc2Br)COC1. The summed E-state index contributed by atoms with van der Waals surface area (Å²) in [5.74, 6) is -0.285. The summed E-state index contributed by atoms with van der Waals surface area (Å²) in [4.78, 5) is 0. The second-order valence-corrected chi connectivity index (χ2v) is 4.48. The Hall–Kier alpha value is -0.450. The molecule has 1 aliphatic rings. The van der Waals surface area contributed by atoms with Gasteiger partial charge in [-0.3, -0.25) is 0 Å². The third kappa shape index (κ3) is 1.97. The van der Waals surface area contributed by atoms with E-state index in [1.165, 1.54) is 12.1 Å². The van der Waals surface area contributed by atoms with Gasteiger partial charge in [-0.15, -0.1) is 0 Å². The fraction of sp³-hybridized carbons (Fsp3) is 0.400. The molecule has 0 aromatic heterocycles. The van der Waals surface area contributed by atoms with E-state index in [4.69, 9.17) is 4.74 Å². The Kier molecular flexibility index (Phi) is 2.60. The minimum atomic E-state index is -0.809. The molecule has 1 heterocycles. The van der Waals surface area contributed by atoms with E-state index in [-0.39, 0.29) is 5.82 Å². The molecule has 14 heavy (non-hydrogen) atoms. The Morgan fingerprint density at radius 1 is 1.50 bits per heavy atom. The average Bonchev–Trinajstić information content (AvgIpc) is 2.09. The zero-order valence-corrected chi connectivity index (χ0v) is 9.05. The summed E-state index contributed by atoms with van der Waals surface area (Å²) in [5, 5.41) is 9.81. The van der Waals surface area contributed by atoms with Crippen LogP contribution in [0.25, 0.3) is 0 Å². The fourth-order valence-corrected chi connectivity index (χ4v) is 1.86. The Labute approximate surface area is 89.8 Å². The number of aliphatic hydroxyl groups is 1. The highest BCUT2D eigenvalue weighted by atomic mass is 79.9. The Morgan fingerprint density at radius 2 is 2.21 bits per heavy atom. The number of hydrogen-bond donors (Lipinski definition) is 1. The molecule has 0 atom stereocenters. The second kappa shape index (κ2) is 3.61. The molecule has 4 heteroatoms. The Bertz CT molecular complexity index is 350. The topological polar surface area (TPSA) is 29.5 Å². The molecular formula is C10H10BrFO2. The largest absolute Gasteiger partial charge is 0.385 e. The third-order valence-corrected chi connectivity index (χ3v) is 3.04. The maximum Gasteiger partial charge on any atom is 0.123 e. The van der Waals surface area contributed by atoms with Crippen molar-refractivity contribution in [2.24, 2.45) is 0 Å². The van der Waals surface area contributed by atoms with Crippen LogP contribution in [-0.4, -0.2) is 23.9 Å². The average molecular weight is 261 g/mol. The van der Waals surface area contributed by atoms with Gasteiger partial charge in [0.2, 0.25) is 0 Å². The Balaban J connectivity index is 2.19. The van der Waals surface area contributed by atoms with Crippen LogP contribution in [0.5, 0.6) is 0 Å². The molecule has 1 N–H and O–H groups in total. The zero-order chi connectivity index (χ0) is 10.2. The predicted molar refractivity (Wildman–Crippen MR) is 53.6 cm³/mol. The van der Waals surface area contributed by atoms with Gasteiger partial charge in [0.25, 0.3) is 0 Å². The minimum absolute atomic E-state index is 0.285. The molecule has 0 unspecified atom stereocenters. The van der Waals surface area contributed by atoms with Crippen LogP contribution >= 0.6 is 15.9 Å². The molecule has 2 nitrogen and oxygen atoms in total. The summed E-state index contributed by atoms with van der Waals surface area (Å²) >= 11 is 3.32. The second-order valence-electron chi connectivity index (χ2n) is 3.63. The van der Waals surface area contributed by atoms with E-state index in [0.717, 1.165) is 10.0 Å². The lowest BCUT2D eigenvalue weighted by atomic mass is 9.93. The molecule has 2 rings (SSSR count). The predicted octanol–water partition coefficient (Wildman–Crippen LogP) is 1.89. The van der Waals surface area contributed by atoms with Crippen molar-refractivity contribution in [2.75, 3.05) is 13.2 Å². The maximum absolute atomic E-state index is 12.9. The van der Waals surface area contributed by atoms with Crippen molar-refractivity contribution < 1.29 is 14.2 Å². The lowest BCUT2D eigenvalue weighted by molar-refractivity contribution is -0.176. The Morgan fingerprint density at radius 3 is 2.79 bits per heavy atom. The maximum atomic E-state index is 12.9. The van der Waals surface area contributed by atoms with Crippen LogP contribution < -0.4 is 0 Å². The molecule has 0 aliphatic carbocycles. The summed E-state index contributed by atoms with van der Waals surface area (Å²) < 4.78 is 18.7. The first-order valence-electron chi connectivity index (χ1n) is 4.33. The van der Waals surface area contributed by atoms with Gasteiger partial charge in [-0.25, -0.2) is 4.39 Å². The summed E-state index contributed by atoms with van der Waals surface area (Å²) in [6.45, 7) is 0.659. The van der Waals surface area contributed by atoms with Crippen LogP contribution in [0.2, 0.25) is 0 Å². The van der Waals surface area contributed by atoms with Gasteiger partial charge in [-0.05, 0) is 23.8 Å². The quantitative estimate of drug-likeness (QED) is 0.880. The normalized spacial score (nSPS) is 19.1. The van der Waals surface area contributed by atoms with Gasteiger partial charge < -0.3 is 9.84 Å². The molecule has 1 aliphatic heterocycles. The fourth-order valence-electron chi connectivity index (χ4n) is 1.47. The van der Waals surface area contributed by atoms with E-state index >= 15 is 0 Å². The van der Waals surface area contributed by atoms with Crippen LogP contribution in [-0.2, 0) is 11.2 Å². The zero-order valence-electron chi connectivity index (χ0n) is 7.46. The van der Waals surface area contributed by atoms with Crippen molar-refractivity contribution >= 4 is 15.9 Å². The molecule has 1 aromatic carbocycles. The van der Waals surface area contributed by atoms with E-state index in [1.54, 1.807) is 6.07 Å². The molecule has 0 spiro atoms. The van der Waals surface area contributed by atoms with E-state index < -0.39 is 5.60 Å². The molecule has 0 amide bonds. The van der Waals surface area contributed by atoms with Gasteiger partial charge in [0.1, 0.15) is 11.4 Å². The van der Waals surface area contributed by atoms with Gasteiger partial charge in [-0.2, -0.15) is 0 Å². The van der Waals surface area contributed by atoms with Crippen molar-refractivity contribution in [1.29, 1.82) is 0 Å². The van der Waals surface area contributed by atoms with Crippen molar-refractivity contribution in [3.63, 3.8) is 0 Å². The van der Waals surface area contributed by atoms with Gasteiger partial charge in [0, 0.05) is 10.9 Å². The standard InChI is InChI=1S/C10H10BrFO2/c11-9-2-1-8(12)3-7(9)4-10(13)5-14-6-10/h1-3,13H,4-6H2. The van der Waals surface area contributed by atoms with E-state index in [2.05, 4.69) is 15.9 Å². The van der Waals surface area contributed by atoms with Gasteiger partial charge in [0.05, 0.1) is 13.2 Å². The first-order valence-corrected chi connectivity index (χ1v) is 5.12. The lowest BCUT2D eigenvalue weighted by Crippen LogP contribution is -2.51. The molecule has 0 radical (unpaired) electrons. The molecule has 0 saturated carbocycles. The van der Waals surface area contributed by atoms with Gasteiger partial charge in [-0.1, -0.05) is 15.9 Å². The highest BCUT2D eigenvalue weighted by Gasteiger charge is 2.36. The van der Waals surface area contributed by atoms with Crippen LogP contribution in [0.15, 0.2) is 22.7 Å². The van der Waals surface area contributed by atoms with E-state index in [9.17, 15) is 9.50 Å². The summed E-state index contributed by atoms with van der Waals surface area (Å²) in [7, 11) is 0. The number of rotatable bonds is 2. The minimum Gasteiger partial charge on any atom is -0.385 e. The smallest absolute Gasteiger partial charge is 0.123 e. The summed E-state index contributed by atoms with van der Waals surface area (Å²) in [6.07, 6.45) is 0.422. The summed E-state index contributed by atoms with van der Waals surface area (Å²) in [6, 6.07) is 4.46. The third-order valence-electron chi connectivity index (χ3n) is 2.27. The molecule has 1 aromatic rings. The van der Waals surface area contributed by atoms with Crippen LogP contribution in [0, 0.1) is 5.82 Å². The summed E-state index contributed by atoms with van der Waals surface area (Å²) in [5.41, 5.74) is -0.0353. The van der Waals surface area contributed by atoms with Crippen molar-refractivity contribution in [2.45, 2.75) is 12.0 Å². The highest BCUT2D eigenvalue weighted by molar-refractivity contribution is 9.10. The molecule has 1 saturated heterocycles. The number of benzene rings is 1. The number of ether oxygens (including phenoxy) is 1. The van der Waals surface area contributed by atoms with Crippen LogP contribution in [0.3, 0.4) is 0 Å². The van der Waals surface area contributed by atoms with E-state index in [0.29, 0.717) is 19.6 Å². The lowest BCUT2D eigenvalue weighted by Gasteiger charge is -2.36.